The maximum atomic E-state index is 13.0. The predicted octanol–water partition coefficient (Wildman–Crippen LogP) is 5.24. The summed E-state index contributed by atoms with van der Waals surface area (Å²) in [6.45, 7) is 0.653. The van der Waals surface area contributed by atoms with Crippen LogP contribution in [0.3, 0.4) is 0 Å². The van der Waals surface area contributed by atoms with E-state index < -0.39 is 5.97 Å². The van der Waals surface area contributed by atoms with E-state index >= 15 is 0 Å². The van der Waals surface area contributed by atoms with Crippen molar-refractivity contribution in [3.05, 3.63) is 84.1 Å². The third kappa shape index (κ3) is 3.06. The van der Waals surface area contributed by atoms with Crippen LogP contribution in [-0.2, 0) is 17.7 Å². The maximum absolute atomic E-state index is 13.0. The zero-order chi connectivity index (χ0) is 21.5. The molecule has 0 fully saturated rings. The summed E-state index contributed by atoms with van der Waals surface area (Å²) in [7, 11) is 1.39. The van der Waals surface area contributed by atoms with E-state index in [1.54, 1.807) is 36.4 Å². The standard InChI is InChI=1S/C26H21NO4/c1-31-26(30)25-23(18-8-12-20(29)13-9-18)22(17-6-10-19(28)11-7-17)24-21-5-3-2-4-16(21)14-15-27(24)25/h2-13,28-29H,14-15H2,1H3. The molecule has 0 radical (unpaired) electrons. The molecule has 1 aliphatic rings. The van der Waals surface area contributed by atoms with Gasteiger partial charge >= 0.3 is 5.97 Å². The van der Waals surface area contributed by atoms with E-state index in [2.05, 4.69) is 12.1 Å². The van der Waals surface area contributed by atoms with Crippen LogP contribution in [0.4, 0.5) is 0 Å². The second kappa shape index (κ2) is 7.36. The van der Waals surface area contributed by atoms with Crippen LogP contribution in [0.25, 0.3) is 33.5 Å². The summed E-state index contributed by atoms with van der Waals surface area (Å²) in [6.07, 6.45) is 0.811. The van der Waals surface area contributed by atoms with E-state index in [4.69, 9.17) is 4.74 Å². The molecule has 0 aliphatic carbocycles. The fraction of sp³-hybridized carbons (Fsp3) is 0.115. The molecule has 2 heterocycles. The van der Waals surface area contributed by atoms with Gasteiger partial charge in [-0.2, -0.15) is 0 Å². The van der Waals surface area contributed by atoms with Crippen LogP contribution in [0, 0.1) is 0 Å². The number of carbonyl (C=O) groups is 1. The molecule has 4 aromatic rings. The fourth-order valence-electron chi connectivity index (χ4n) is 4.45. The lowest BCUT2D eigenvalue weighted by atomic mass is 9.90. The minimum Gasteiger partial charge on any atom is -0.508 e. The van der Waals surface area contributed by atoms with Gasteiger partial charge < -0.3 is 19.5 Å². The highest BCUT2D eigenvalue weighted by atomic mass is 16.5. The molecule has 0 unspecified atom stereocenters. The van der Waals surface area contributed by atoms with Gasteiger partial charge in [0.15, 0.2) is 0 Å². The first kappa shape index (κ1) is 19.0. The van der Waals surface area contributed by atoms with Crippen LogP contribution in [0.15, 0.2) is 72.8 Å². The van der Waals surface area contributed by atoms with Gasteiger partial charge in [0.2, 0.25) is 0 Å². The van der Waals surface area contributed by atoms with Crippen molar-refractivity contribution in [2.45, 2.75) is 13.0 Å². The summed E-state index contributed by atoms with van der Waals surface area (Å²) in [4.78, 5) is 13.0. The van der Waals surface area contributed by atoms with E-state index in [1.807, 2.05) is 28.8 Å². The number of carbonyl (C=O) groups excluding carboxylic acids is 1. The third-order valence-corrected chi connectivity index (χ3v) is 5.83. The van der Waals surface area contributed by atoms with E-state index in [1.165, 1.54) is 12.7 Å². The number of phenolic OH excluding ortho intramolecular Hbond substituents is 2. The minimum atomic E-state index is -0.409. The van der Waals surface area contributed by atoms with Gasteiger partial charge in [0.1, 0.15) is 17.2 Å². The van der Waals surface area contributed by atoms with Gasteiger partial charge in [0, 0.05) is 23.2 Å². The van der Waals surface area contributed by atoms with E-state index in [0.29, 0.717) is 12.2 Å². The number of phenols is 2. The first-order valence-corrected chi connectivity index (χ1v) is 10.1. The van der Waals surface area contributed by atoms with Crippen molar-refractivity contribution in [1.29, 1.82) is 0 Å². The largest absolute Gasteiger partial charge is 0.508 e. The molecule has 5 rings (SSSR count). The number of esters is 1. The average Bonchev–Trinajstić information content (AvgIpc) is 3.15. The van der Waals surface area contributed by atoms with E-state index in [9.17, 15) is 15.0 Å². The number of ether oxygens (including phenoxy) is 1. The Hall–Kier alpha value is -3.99. The Morgan fingerprint density at radius 3 is 2.03 bits per heavy atom. The third-order valence-electron chi connectivity index (χ3n) is 5.83. The Bertz CT molecular complexity index is 1280. The molecule has 1 aliphatic heterocycles. The van der Waals surface area contributed by atoms with Crippen LogP contribution in [0.1, 0.15) is 16.1 Å². The smallest absolute Gasteiger partial charge is 0.355 e. The van der Waals surface area contributed by atoms with E-state index in [0.717, 1.165) is 39.9 Å². The molecule has 0 spiro atoms. The van der Waals surface area contributed by atoms with E-state index in [-0.39, 0.29) is 11.5 Å². The number of nitrogens with zero attached hydrogens (tertiary/aromatic N) is 1. The summed E-state index contributed by atoms with van der Waals surface area (Å²) in [6, 6.07) is 22.1. The van der Waals surface area contributed by atoms with Crippen molar-refractivity contribution in [3.63, 3.8) is 0 Å². The summed E-state index contributed by atoms with van der Waals surface area (Å²) in [5.74, 6) is -0.0748. The minimum absolute atomic E-state index is 0.156. The van der Waals surface area contributed by atoms with Gasteiger partial charge in [-0.05, 0) is 47.4 Å². The summed E-state index contributed by atoms with van der Waals surface area (Å²) in [5, 5.41) is 19.7. The number of hydrogen-bond acceptors (Lipinski definition) is 4. The number of benzene rings is 3. The topological polar surface area (TPSA) is 71.7 Å². The Morgan fingerprint density at radius 2 is 1.42 bits per heavy atom. The zero-order valence-corrected chi connectivity index (χ0v) is 17.0. The number of methoxy groups -OCH3 is 1. The van der Waals surface area contributed by atoms with Gasteiger partial charge in [-0.3, -0.25) is 0 Å². The lowest BCUT2D eigenvalue weighted by Gasteiger charge is -2.22. The van der Waals surface area contributed by atoms with Crippen molar-refractivity contribution < 1.29 is 19.7 Å². The first-order chi connectivity index (χ1) is 15.1. The molecular weight excluding hydrogens is 390 g/mol. The van der Waals surface area contributed by atoms with Crippen molar-refractivity contribution in [2.24, 2.45) is 0 Å². The Labute approximate surface area is 179 Å². The number of hydrogen-bond donors (Lipinski definition) is 2. The fourth-order valence-corrected chi connectivity index (χ4v) is 4.45. The van der Waals surface area contributed by atoms with Gasteiger partial charge in [-0.25, -0.2) is 4.79 Å². The van der Waals surface area contributed by atoms with Crippen LogP contribution in [0.2, 0.25) is 0 Å². The highest BCUT2D eigenvalue weighted by Gasteiger charge is 2.32. The molecule has 5 nitrogen and oxygen atoms in total. The average molecular weight is 411 g/mol. The lowest BCUT2D eigenvalue weighted by Crippen LogP contribution is -2.17. The molecule has 1 aromatic heterocycles. The van der Waals surface area contributed by atoms with Crippen LogP contribution < -0.4 is 0 Å². The number of aryl methyl sites for hydroxylation is 1. The quantitative estimate of drug-likeness (QED) is 0.452. The first-order valence-electron chi connectivity index (χ1n) is 10.1. The number of aromatic hydroxyl groups is 2. The van der Waals surface area contributed by atoms with Crippen molar-refractivity contribution in [3.8, 4) is 45.0 Å². The SMILES string of the molecule is COC(=O)c1c(-c2ccc(O)cc2)c(-c2ccc(O)cc2)c2n1CCc1ccccc1-2. The van der Waals surface area contributed by atoms with Crippen LogP contribution in [0.5, 0.6) is 11.5 Å². The van der Waals surface area contributed by atoms with Crippen molar-refractivity contribution in [2.75, 3.05) is 7.11 Å². The molecular formula is C26H21NO4. The number of fused-ring (bicyclic) bond motifs is 3. The molecule has 0 amide bonds. The van der Waals surface area contributed by atoms with Crippen LogP contribution >= 0.6 is 0 Å². The maximum Gasteiger partial charge on any atom is 0.355 e. The normalized spacial score (nSPS) is 12.2. The Balaban J connectivity index is 1.93. The number of rotatable bonds is 3. The molecule has 154 valence electrons. The summed E-state index contributed by atoms with van der Waals surface area (Å²) < 4.78 is 7.24. The predicted molar refractivity (Wildman–Crippen MR) is 119 cm³/mol. The molecule has 0 saturated heterocycles. The number of aromatic nitrogens is 1. The molecule has 31 heavy (non-hydrogen) atoms. The van der Waals surface area contributed by atoms with Gasteiger partial charge in [0.05, 0.1) is 12.8 Å². The second-order valence-corrected chi connectivity index (χ2v) is 7.59. The Morgan fingerprint density at radius 1 is 0.839 bits per heavy atom. The molecule has 5 heteroatoms. The highest BCUT2D eigenvalue weighted by molar-refractivity contribution is 6.07. The molecule has 3 aromatic carbocycles. The van der Waals surface area contributed by atoms with Crippen LogP contribution in [-0.4, -0.2) is 27.9 Å². The molecule has 0 bridgehead atoms. The molecule has 2 N–H and O–H groups in total. The van der Waals surface area contributed by atoms with Crippen molar-refractivity contribution >= 4 is 5.97 Å². The zero-order valence-electron chi connectivity index (χ0n) is 17.0. The lowest BCUT2D eigenvalue weighted by molar-refractivity contribution is 0.0589. The highest BCUT2D eigenvalue weighted by Crippen LogP contribution is 2.47. The summed E-state index contributed by atoms with van der Waals surface area (Å²) in [5.41, 5.74) is 7.09. The van der Waals surface area contributed by atoms with Gasteiger partial charge in [0.25, 0.3) is 0 Å². The second-order valence-electron chi connectivity index (χ2n) is 7.59. The molecule has 0 saturated carbocycles. The Kier molecular flexibility index (Phi) is 4.51. The van der Waals surface area contributed by atoms with Gasteiger partial charge in [-0.1, -0.05) is 48.5 Å². The summed E-state index contributed by atoms with van der Waals surface area (Å²) >= 11 is 0. The van der Waals surface area contributed by atoms with Gasteiger partial charge in [-0.15, -0.1) is 0 Å². The monoisotopic (exact) mass is 411 g/mol. The molecule has 0 atom stereocenters. The van der Waals surface area contributed by atoms with Crippen molar-refractivity contribution in [1.82, 2.24) is 4.57 Å².